The molecule has 0 bridgehead atoms. The van der Waals surface area contributed by atoms with E-state index in [4.69, 9.17) is 5.73 Å². The van der Waals surface area contributed by atoms with Crippen molar-refractivity contribution in [3.05, 3.63) is 29.8 Å². The summed E-state index contributed by atoms with van der Waals surface area (Å²) >= 11 is 0. The van der Waals surface area contributed by atoms with Crippen LogP contribution in [0.4, 0.5) is 0 Å². The van der Waals surface area contributed by atoms with Crippen molar-refractivity contribution < 1.29 is 8.42 Å². The fourth-order valence-electron chi connectivity index (χ4n) is 1.88. The Morgan fingerprint density at radius 3 is 2.53 bits per heavy atom. The summed E-state index contributed by atoms with van der Waals surface area (Å²) in [6.45, 7) is 2.21. The van der Waals surface area contributed by atoms with Gasteiger partial charge in [0.15, 0.2) is 0 Å². The van der Waals surface area contributed by atoms with E-state index in [1.165, 1.54) is 0 Å². The van der Waals surface area contributed by atoms with Crippen LogP contribution in [0.3, 0.4) is 0 Å². The minimum atomic E-state index is -3.42. The molecule has 5 heteroatoms. The largest absolute Gasteiger partial charge is 0.320 e. The molecule has 3 N–H and O–H groups in total. The van der Waals surface area contributed by atoms with E-state index in [1.54, 1.807) is 24.3 Å². The first kappa shape index (κ1) is 14.1. The third-order valence-electron chi connectivity index (χ3n) is 3.17. The Labute approximate surface area is 114 Å². The average Bonchev–Trinajstić information content (AvgIpc) is 3.20. The quantitative estimate of drug-likeness (QED) is 0.809. The standard InChI is InChI=1S/C14H18N2O2S/c1-11(13-6-7-13)16-19(17,18)14-8-4-12(5-9-14)3-2-10-15/h4-5,8-9,11,13,16H,6-7,10,15H2,1H3. The minimum absolute atomic E-state index is 0.00158. The van der Waals surface area contributed by atoms with Crippen LogP contribution in [-0.2, 0) is 10.0 Å². The van der Waals surface area contributed by atoms with Crippen LogP contribution < -0.4 is 10.5 Å². The van der Waals surface area contributed by atoms with Gasteiger partial charge in [0, 0.05) is 11.6 Å². The molecule has 1 aromatic rings. The highest BCUT2D eigenvalue weighted by atomic mass is 32.2. The molecule has 0 aliphatic heterocycles. The first-order valence-electron chi connectivity index (χ1n) is 6.34. The maximum absolute atomic E-state index is 12.1. The van der Waals surface area contributed by atoms with E-state index in [9.17, 15) is 8.42 Å². The molecule has 1 aliphatic rings. The molecule has 1 saturated carbocycles. The fraction of sp³-hybridized carbons (Fsp3) is 0.429. The summed E-state index contributed by atoms with van der Waals surface area (Å²) in [5.74, 6) is 6.08. The molecular weight excluding hydrogens is 260 g/mol. The van der Waals surface area contributed by atoms with Gasteiger partial charge in [-0.25, -0.2) is 13.1 Å². The predicted molar refractivity (Wildman–Crippen MR) is 74.9 cm³/mol. The normalized spacial score (nSPS) is 16.5. The minimum Gasteiger partial charge on any atom is -0.320 e. The van der Waals surface area contributed by atoms with Gasteiger partial charge in [0.2, 0.25) is 10.0 Å². The number of sulfonamides is 1. The monoisotopic (exact) mass is 278 g/mol. The van der Waals surface area contributed by atoms with Gasteiger partial charge in [-0.05, 0) is 49.9 Å². The van der Waals surface area contributed by atoms with Crippen LogP contribution in [0.15, 0.2) is 29.2 Å². The molecule has 1 aromatic carbocycles. The number of nitrogens with two attached hydrogens (primary N) is 1. The number of hydrogen-bond donors (Lipinski definition) is 2. The lowest BCUT2D eigenvalue weighted by Gasteiger charge is -2.13. The van der Waals surface area contributed by atoms with Crippen molar-refractivity contribution in [1.82, 2.24) is 4.72 Å². The third-order valence-corrected chi connectivity index (χ3v) is 4.74. The van der Waals surface area contributed by atoms with Crippen LogP contribution in [0, 0.1) is 17.8 Å². The van der Waals surface area contributed by atoms with Crippen molar-refractivity contribution in [1.29, 1.82) is 0 Å². The summed E-state index contributed by atoms with van der Waals surface area (Å²) in [6.07, 6.45) is 2.22. The summed E-state index contributed by atoms with van der Waals surface area (Å²) in [7, 11) is -3.42. The van der Waals surface area contributed by atoms with Gasteiger partial charge in [0.25, 0.3) is 0 Å². The number of benzene rings is 1. The Morgan fingerprint density at radius 2 is 2.00 bits per heavy atom. The average molecular weight is 278 g/mol. The van der Waals surface area contributed by atoms with Gasteiger partial charge in [-0.2, -0.15) is 0 Å². The smallest absolute Gasteiger partial charge is 0.240 e. The SMILES string of the molecule is CC(NS(=O)(=O)c1ccc(C#CCN)cc1)C1CC1. The van der Waals surface area contributed by atoms with Gasteiger partial charge in [0.1, 0.15) is 0 Å². The molecule has 102 valence electrons. The second-order valence-corrected chi connectivity index (χ2v) is 6.49. The van der Waals surface area contributed by atoms with Gasteiger partial charge in [-0.3, -0.25) is 0 Å². The van der Waals surface area contributed by atoms with Crippen molar-refractivity contribution in [2.24, 2.45) is 11.7 Å². The first-order valence-corrected chi connectivity index (χ1v) is 7.82. The van der Waals surface area contributed by atoms with Crippen LogP contribution in [0.25, 0.3) is 0 Å². The molecule has 0 heterocycles. The van der Waals surface area contributed by atoms with Gasteiger partial charge in [-0.1, -0.05) is 11.8 Å². The molecule has 1 unspecified atom stereocenters. The van der Waals surface area contributed by atoms with Crippen LogP contribution in [0.1, 0.15) is 25.3 Å². The Kier molecular flexibility index (Phi) is 4.25. The lowest BCUT2D eigenvalue weighted by Crippen LogP contribution is -2.33. The van der Waals surface area contributed by atoms with E-state index >= 15 is 0 Å². The van der Waals surface area contributed by atoms with E-state index in [-0.39, 0.29) is 10.9 Å². The zero-order valence-corrected chi connectivity index (χ0v) is 11.7. The van der Waals surface area contributed by atoms with Crippen LogP contribution >= 0.6 is 0 Å². The Balaban J connectivity index is 2.11. The van der Waals surface area contributed by atoms with Crippen LogP contribution in [0.5, 0.6) is 0 Å². The molecule has 0 radical (unpaired) electrons. The summed E-state index contributed by atoms with van der Waals surface area (Å²) in [5, 5.41) is 0. The van der Waals surface area contributed by atoms with Gasteiger partial charge in [0.05, 0.1) is 11.4 Å². The molecule has 1 aliphatic carbocycles. The lowest BCUT2D eigenvalue weighted by molar-refractivity contribution is 0.538. The molecule has 1 atom stereocenters. The maximum Gasteiger partial charge on any atom is 0.240 e. The Bertz CT molecular complexity index is 593. The maximum atomic E-state index is 12.1. The molecule has 0 amide bonds. The molecule has 2 rings (SSSR count). The molecular formula is C14H18N2O2S. The van der Waals surface area contributed by atoms with Gasteiger partial charge >= 0.3 is 0 Å². The lowest BCUT2D eigenvalue weighted by atomic mass is 10.2. The van der Waals surface area contributed by atoms with E-state index in [1.807, 2.05) is 6.92 Å². The number of hydrogen-bond acceptors (Lipinski definition) is 3. The van der Waals surface area contributed by atoms with Crippen LogP contribution in [0.2, 0.25) is 0 Å². The highest BCUT2D eigenvalue weighted by molar-refractivity contribution is 7.89. The van der Waals surface area contributed by atoms with Crippen molar-refractivity contribution in [3.63, 3.8) is 0 Å². The molecule has 0 aromatic heterocycles. The summed E-state index contributed by atoms with van der Waals surface area (Å²) in [6, 6.07) is 6.53. The van der Waals surface area contributed by atoms with E-state index < -0.39 is 10.0 Å². The third kappa shape index (κ3) is 3.80. The predicted octanol–water partition coefficient (Wildman–Crippen LogP) is 1.07. The van der Waals surface area contributed by atoms with Crippen LogP contribution in [-0.4, -0.2) is 21.0 Å². The molecule has 0 spiro atoms. The topological polar surface area (TPSA) is 72.2 Å². The van der Waals surface area contributed by atoms with E-state index in [0.29, 0.717) is 12.5 Å². The second kappa shape index (κ2) is 5.74. The number of rotatable bonds is 4. The first-order chi connectivity index (χ1) is 9.03. The van der Waals surface area contributed by atoms with E-state index in [0.717, 1.165) is 18.4 Å². The van der Waals surface area contributed by atoms with Crippen molar-refractivity contribution in [3.8, 4) is 11.8 Å². The van der Waals surface area contributed by atoms with E-state index in [2.05, 4.69) is 16.6 Å². The van der Waals surface area contributed by atoms with Crippen molar-refractivity contribution in [2.75, 3.05) is 6.54 Å². The Hall–Kier alpha value is -1.35. The Morgan fingerprint density at radius 1 is 1.37 bits per heavy atom. The fourth-order valence-corrected chi connectivity index (χ4v) is 3.19. The highest BCUT2D eigenvalue weighted by Crippen LogP contribution is 2.32. The number of nitrogens with one attached hydrogen (secondary N) is 1. The van der Waals surface area contributed by atoms with Gasteiger partial charge in [-0.15, -0.1) is 0 Å². The molecule has 4 nitrogen and oxygen atoms in total. The van der Waals surface area contributed by atoms with Gasteiger partial charge < -0.3 is 5.73 Å². The molecule has 0 saturated heterocycles. The van der Waals surface area contributed by atoms with Crippen molar-refractivity contribution >= 4 is 10.0 Å². The zero-order valence-electron chi connectivity index (χ0n) is 10.9. The zero-order chi connectivity index (χ0) is 13.9. The second-order valence-electron chi connectivity index (χ2n) is 4.78. The summed E-state index contributed by atoms with van der Waals surface area (Å²) in [4.78, 5) is 0.276. The van der Waals surface area contributed by atoms with Crippen molar-refractivity contribution in [2.45, 2.75) is 30.7 Å². The highest BCUT2D eigenvalue weighted by Gasteiger charge is 2.31. The molecule has 1 fully saturated rings. The summed E-state index contributed by atoms with van der Waals surface area (Å²) < 4.78 is 27.0. The summed E-state index contributed by atoms with van der Waals surface area (Å²) in [5.41, 5.74) is 6.05. The molecule has 19 heavy (non-hydrogen) atoms.